The Morgan fingerprint density at radius 1 is 1.32 bits per heavy atom. The first kappa shape index (κ1) is 17.7. The minimum absolute atomic E-state index is 0.00857. The van der Waals surface area contributed by atoms with E-state index in [1.54, 1.807) is 0 Å². The molecule has 0 bridgehead atoms. The summed E-state index contributed by atoms with van der Waals surface area (Å²) in [5.41, 5.74) is 4.81. The van der Waals surface area contributed by atoms with Gasteiger partial charge in [0, 0.05) is 6.04 Å². The third-order valence-electron chi connectivity index (χ3n) is 4.07. The van der Waals surface area contributed by atoms with Gasteiger partial charge in [-0.3, -0.25) is 4.79 Å². The van der Waals surface area contributed by atoms with Gasteiger partial charge < -0.3 is 16.3 Å². The molecule has 0 aliphatic rings. The Balaban J connectivity index is 4.85. The molecule has 112 valence electrons. The first-order valence-electron chi connectivity index (χ1n) is 7.16. The first-order chi connectivity index (χ1) is 8.87. The lowest BCUT2D eigenvalue weighted by atomic mass is 9.79. The minimum atomic E-state index is -0.904. The van der Waals surface area contributed by atoms with Gasteiger partial charge in [0.15, 0.2) is 5.84 Å². The van der Waals surface area contributed by atoms with E-state index in [1.807, 2.05) is 20.8 Å². The minimum Gasteiger partial charge on any atom is -0.409 e. The molecule has 0 saturated carbocycles. The lowest BCUT2D eigenvalue weighted by Gasteiger charge is -2.30. The van der Waals surface area contributed by atoms with Crippen molar-refractivity contribution in [2.45, 2.75) is 66.3 Å². The summed E-state index contributed by atoms with van der Waals surface area (Å²) in [6.07, 6.45) is 3.05. The van der Waals surface area contributed by atoms with E-state index in [1.165, 1.54) is 0 Å². The monoisotopic (exact) mass is 271 g/mol. The second-order valence-electron chi connectivity index (χ2n) is 5.40. The number of hydrogen-bond acceptors (Lipinski definition) is 3. The zero-order valence-electron chi connectivity index (χ0n) is 12.9. The van der Waals surface area contributed by atoms with Crippen LogP contribution in [0.15, 0.2) is 5.16 Å². The molecular formula is C14H29N3O2. The maximum Gasteiger partial charge on any atom is 0.234 e. The van der Waals surface area contributed by atoms with Crippen molar-refractivity contribution < 1.29 is 10.0 Å². The molecule has 0 fully saturated rings. The number of hydrogen-bond donors (Lipinski definition) is 3. The van der Waals surface area contributed by atoms with E-state index in [9.17, 15) is 4.79 Å². The second kappa shape index (κ2) is 8.02. The van der Waals surface area contributed by atoms with Gasteiger partial charge in [0.05, 0.1) is 0 Å². The average Bonchev–Trinajstić information content (AvgIpc) is 2.39. The number of carbonyl (C=O) groups is 1. The molecule has 0 radical (unpaired) electrons. The van der Waals surface area contributed by atoms with E-state index < -0.39 is 5.41 Å². The van der Waals surface area contributed by atoms with Crippen LogP contribution in [0.3, 0.4) is 0 Å². The molecule has 2 unspecified atom stereocenters. The summed E-state index contributed by atoms with van der Waals surface area (Å²) in [5, 5.41) is 14.9. The molecule has 0 aromatic rings. The van der Waals surface area contributed by atoms with Crippen LogP contribution in [0.25, 0.3) is 0 Å². The van der Waals surface area contributed by atoms with Gasteiger partial charge in [-0.2, -0.15) is 0 Å². The standard InChI is InChI=1S/C14H29N3O2/c1-6-10(4)9-11(5)16-13(18)14(7-2,8-3)12(15)17-19/h10-11,19H,6-9H2,1-5H3,(H2,15,17)(H,16,18). The summed E-state index contributed by atoms with van der Waals surface area (Å²) in [6, 6.07) is 0.0893. The maximum absolute atomic E-state index is 12.4. The Bertz CT molecular complexity index is 312. The lowest BCUT2D eigenvalue weighted by molar-refractivity contribution is -0.128. The number of amides is 1. The van der Waals surface area contributed by atoms with Gasteiger partial charge in [-0.25, -0.2) is 0 Å². The molecule has 4 N–H and O–H groups in total. The third-order valence-corrected chi connectivity index (χ3v) is 4.07. The number of nitrogens with zero attached hydrogens (tertiary/aromatic N) is 1. The van der Waals surface area contributed by atoms with Gasteiger partial charge >= 0.3 is 0 Å². The molecule has 19 heavy (non-hydrogen) atoms. The number of amidine groups is 1. The number of carbonyl (C=O) groups excluding carboxylic acids is 1. The van der Waals surface area contributed by atoms with E-state index in [0.29, 0.717) is 18.8 Å². The van der Waals surface area contributed by atoms with Crippen molar-refractivity contribution in [3.05, 3.63) is 0 Å². The fourth-order valence-corrected chi connectivity index (χ4v) is 2.34. The van der Waals surface area contributed by atoms with Crippen LogP contribution < -0.4 is 11.1 Å². The average molecular weight is 271 g/mol. The molecule has 0 rings (SSSR count). The molecule has 0 heterocycles. The highest BCUT2D eigenvalue weighted by molar-refractivity contribution is 6.06. The second-order valence-corrected chi connectivity index (χ2v) is 5.40. The first-order valence-corrected chi connectivity index (χ1v) is 7.16. The molecule has 0 aliphatic carbocycles. The summed E-state index contributed by atoms with van der Waals surface area (Å²) in [5.74, 6) is 0.408. The smallest absolute Gasteiger partial charge is 0.234 e. The Morgan fingerprint density at radius 3 is 2.21 bits per heavy atom. The summed E-state index contributed by atoms with van der Waals surface area (Å²) in [6.45, 7) is 10.0. The van der Waals surface area contributed by atoms with Gasteiger partial charge in [-0.15, -0.1) is 0 Å². The number of rotatable bonds is 8. The third kappa shape index (κ3) is 4.40. The molecule has 2 atom stereocenters. The largest absolute Gasteiger partial charge is 0.409 e. The predicted molar refractivity (Wildman–Crippen MR) is 78.1 cm³/mol. The van der Waals surface area contributed by atoms with Crippen molar-refractivity contribution in [2.24, 2.45) is 22.2 Å². The Kier molecular flexibility index (Phi) is 7.49. The molecule has 5 nitrogen and oxygen atoms in total. The zero-order chi connectivity index (χ0) is 15.1. The quantitative estimate of drug-likeness (QED) is 0.274. The Morgan fingerprint density at radius 2 is 1.84 bits per heavy atom. The van der Waals surface area contributed by atoms with Crippen molar-refractivity contribution >= 4 is 11.7 Å². The van der Waals surface area contributed by atoms with Crippen molar-refractivity contribution in [1.29, 1.82) is 0 Å². The number of oxime groups is 1. The SMILES string of the molecule is CCC(C)CC(C)NC(=O)C(CC)(CC)C(N)=NO. The van der Waals surface area contributed by atoms with Crippen LogP contribution in [0.4, 0.5) is 0 Å². The zero-order valence-corrected chi connectivity index (χ0v) is 12.9. The molecule has 0 spiro atoms. The highest BCUT2D eigenvalue weighted by atomic mass is 16.4. The van der Waals surface area contributed by atoms with Crippen LogP contribution in [0.1, 0.15) is 60.3 Å². The van der Waals surface area contributed by atoms with Crippen LogP contribution in [-0.2, 0) is 4.79 Å². The van der Waals surface area contributed by atoms with Gasteiger partial charge in [-0.1, -0.05) is 39.3 Å². The van der Waals surface area contributed by atoms with E-state index in [0.717, 1.165) is 12.8 Å². The fourth-order valence-electron chi connectivity index (χ4n) is 2.34. The van der Waals surface area contributed by atoms with E-state index in [4.69, 9.17) is 10.9 Å². The number of nitrogens with two attached hydrogens (primary N) is 1. The van der Waals surface area contributed by atoms with Crippen LogP contribution in [0.5, 0.6) is 0 Å². The van der Waals surface area contributed by atoms with Gasteiger partial charge in [0.25, 0.3) is 0 Å². The van der Waals surface area contributed by atoms with Crippen LogP contribution in [-0.4, -0.2) is 23.0 Å². The predicted octanol–water partition coefficient (Wildman–Crippen LogP) is 2.48. The van der Waals surface area contributed by atoms with Crippen molar-refractivity contribution in [1.82, 2.24) is 5.32 Å². The molecule has 1 amide bonds. The van der Waals surface area contributed by atoms with Crippen LogP contribution in [0.2, 0.25) is 0 Å². The normalized spacial score (nSPS) is 15.9. The molecular weight excluding hydrogens is 242 g/mol. The Hall–Kier alpha value is -1.26. The molecule has 0 aromatic heterocycles. The van der Waals surface area contributed by atoms with E-state index >= 15 is 0 Å². The maximum atomic E-state index is 12.4. The highest BCUT2D eigenvalue weighted by Gasteiger charge is 2.40. The highest BCUT2D eigenvalue weighted by Crippen LogP contribution is 2.27. The summed E-state index contributed by atoms with van der Waals surface area (Å²) in [7, 11) is 0. The molecule has 0 aliphatic heterocycles. The molecule has 0 saturated heterocycles. The van der Waals surface area contributed by atoms with Crippen LogP contribution in [0, 0.1) is 11.3 Å². The molecule has 5 heteroatoms. The van der Waals surface area contributed by atoms with Crippen LogP contribution >= 0.6 is 0 Å². The topological polar surface area (TPSA) is 87.7 Å². The van der Waals surface area contributed by atoms with Crippen molar-refractivity contribution in [3.63, 3.8) is 0 Å². The summed E-state index contributed by atoms with van der Waals surface area (Å²) < 4.78 is 0. The van der Waals surface area contributed by atoms with E-state index in [2.05, 4.69) is 24.3 Å². The summed E-state index contributed by atoms with van der Waals surface area (Å²) >= 11 is 0. The summed E-state index contributed by atoms with van der Waals surface area (Å²) in [4.78, 5) is 12.4. The lowest BCUT2D eigenvalue weighted by Crippen LogP contribution is -2.51. The van der Waals surface area contributed by atoms with E-state index in [-0.39, 0.29) is 17.8 Å². The van der Waals surface area contributed by atoms with Gasteiger partial charge in [0.2, 0.25) is 5.91 Å². The fraction of sp³-hybridized carbons (Fsp3) is 0.857. The van der Waals surface area contributed by atoms with Crippen molar-refractivity contribution in [2.75, 3.05) is 0 Å². The Labute approximate surface area is 116 Å². The van der Waals surface area contributed by atoms with Crippen molar-refractivity contribution in [3.8, 4) is 0 Å². The number of nitrogens with one attached hydrogen (secondary N) is 1. The van der Waals surface area contributed by atoms with Gasteiger partial charge in [0.1, 0.15) is 5.41 Å². The molecule has 0 aromatic carbocycles. The van der Waals surface area contributed by atoms with Gasteiger partial charge in [-0.05, 0) is 32.1 Å².